The second-order valence-corrected chi connectivity index (χ2v) is 2.55. The van der Waals surface area contributed by atoms with E-state index in [0.717, 1.165) is 0 Å². The van der Waals surface area contributed by atoms with Crippen molar-refractivity contribution in [2.45, 2.75) is 24.4 Å². The van der Waals surface area contributed by atoms with E-state index in [0.29, 0.717) is 0 Å². The molecule has 0 saturated carbocycles. The van der Waals surface area contributed by atoms with Gasteiger partial charge in [0.05, 0.1) is 0 Å². The predicted octanol–water partition coefficient (Wildman–Crippen LogP) is -3.40. The third-order valence-electron chi connectivity index (χ3n) is 1.50. The van der Waals surface area contributed by atoms with Gasteiger partial charge in [0, 0.05) is 0 Å². The van der Waals surface area contributed by atoms with Gasteiger partial charge in [0.1, 0.15) is 12.2 Å². The normalized spacial score (nSPS) is 19.4. The van der Waals surface area contributed by atoms with Crippen molar-refractivity contribution < 1.29 is 40.2 Å². The van der Waals surface area contributed by atoms with Gasteiger partial charge >= 0.3 is 11.9 Å². The van der Waals surface area contributed by atoms with E-state index in [1.807, 2.05) is 0 Å². The number of aliphatic hydroxyl groups excluding tert-OH is 4. The Morgan fingerprint density at radius 2 is 0.929 bits per heavy atom. The highest BCUT2D eigenvalue weighted by Crippen LogP contribution is 2.05. The van der Waals surface area contributed by atoms with Crippen LogP contribution in [0.2, 0.25) is 0 Å². The number of carbonyl (C=O) groups is 2. The summed E-state index contributed by atoms with van der Waals surface area (Å²) in [5.74, 6) is -3.68. The highest BCUT2D eigenvalue weighted by atomic mass is 16.5. The molecule has 0 aromatic rings. The summed E-state index contributed by atoms with van der Waals surface area (Å²) < 4.78 is 0. The van der Waals surface area contributed by atoms with Gasteiger partial charge < -0.3 is 30.6 Å². The Labute approximate surface area is 77.7 Å². The van der Waals surface area contributed by atoms with Gasteiger partial charge in [-0.2, -0.15) is 0 Å². The quantitative estimate of drug-likeness (QED) is 0.257. The second kappa shape index (κ2) is 4.86. The van der Waals surface area contributed by atoms with E-state index in [-0.39, 0.29) is 0 Å². The Hall–Kier alpha value is -1.22. The van der Waals surface area contributed by atoms with Crippen LogP contribution in [-0.4, -0.2) is 67.0 Å². The standard InChI is InChI=1S/C6H10O8/c7-1(3(9)5(11)12)2(8)4(10)6(13)14/h1-4,7-10H,(H,11,12)(H,13,14)/t1-,2-,3-,4+/m0/s1/i5+1. The zero-order valence-electron chi connectivity index (χ0n) is 6.81. The highest BCUT2D eigenvalue weighted by Gasteiger charge is 2.37. The van der Waals surface area contributed by atoms with Gasteiger partial charge in [-0.05, 0) is 0 Å². The maximum Gasteiger partial charge on any atom is 0.335 e. The van der Waals surface area contributed by atoms with E-state index in [1.54, 1.807) is 0 Å². The fourth-order valence-corrected chi connectivity index (χ4v) is 0.666. The minimum absolute atomic E-state index is 1.84. The fourth-order valence-electron chi connectivity index (χ4n) is 0.666. The number of hydrogen-bond acceptors (Lipinski definition) is 6. The molecule has 82 valence electrons. The van der Waals surface area contributed by atoms with Crippen LogP contribution in [-0.2, 0) is 9.59 Å². The first-order chi connectivity index (χ1) is 6.29. The lowest BCUT2D eigenvalue weighted by Crippen LogP contribution is -2.49. The van der Waals surface area contributed by atoms with Crippen LogP contribution in [0.5, 0.6) is 0 Å². The molecule has 14 heavy (non-hydrogen) atoms. The summed E-state index contributed by atoms with van der Waals surface area (Å²) in [5, 5.41) is 51.5. The summed E-state index contributed by atoms with van der Waals surface area (Å²) in [5.41, 5.74) is 0. The molecule has 0 saturated heterocycles. The summed E-state index contributed by atoms with van der Waals surface area (Å²) in [6, 6.07) is 0. The number of carboxylic acid groups (broad SMARTS) is 2. The summed E-state index contributed by atoms with van der Waals surface area (Å²) >= 11 is 0. The molecule has 4 atom stereocenters. The zero-order chi connectivity index (χ0) is 11.5. The molecule has 8 nitrogen and oxygen atoms in total. The first-order valence-electron chi connectivity index (χ1n) is 3.47. The van der Waals surface area contributed by atoms with Crippen LogP contribution < -0.4 is 0 Å². The Morgan fingerprint density at radius 1 is 0.714 bits per heavy atom. The van der Waals surface area contributed by atoms with Crippen molar-refractivity contribution >= 4 is 11.9 Å². The molecular weight excluding hydrogens is 201 g/mol. The molecule has 0 heterocycles. The Morgan fingerprint density at radius 3 is 1.07 bits per heavy atom. The molecule has 0 unspecified atom stereocenters. The van der Waals surface area contributed by atoms with E-state index in [1.165, 1.54) is 0 Å². The first-order valence-corrected chi connectivity index (χ1v) is 3.47. The van der Waals surface area contributed by atoms with Crippen LogP contribution in [0.3, 0.4) is 0 Å². The smallest absolute Gasteiger partial charge is 0.335 e. The molecule has 0 aromatic carbocycles. The topological polar surface area (TPSA) is 156 Å². The molecule has 8 heteroatoms. The minimum Gasteiger partial charge on any atom is -0.479 e. The lowest BCUT2D eigenvalue weighted by Gasteiger charge is -2.21. The number of rotatable bonds is 5. The highest BCUT2D eigenvalue weighted by molar-refractivity contribution is 5.75. The van der Waals surface area contributed by atoms with Crippen LogP contribution >= 0.6 is 0 Å². The van der Waals surface area contributed by atoms with E-state index in [9.17, 15) is 9.59 Å². The summed E-state index contributed by atoms with van der Waals surface area (Å²) in [4.78, 5) is 20.2. The van der Waals surface area contributed by atoms with E-state index >= 15 is 0 Å². The van der Waals surface area contributed by atoms with Crippen molar-refractivity contribution in [3.63, 3.8) is 0 Å². The van der Waals surface area contributed by atoms with Crippen LogP contribution in [0.1, 0.15) is 0 Å². The van der Waals surface area contributed by atoms with Gasteiger partial charge in [-0.25, -0.2) is 9.59 Å². The Balaban J connectivity index is 4.45. The molecule has 0 rings (SSSR count). The maximum atomic E-state index is 10.1. The number of aliphatic carboxylic acids is 2. The Bertz CT molecular complexity index is 202. The van der Waals surface area contributed by atoms with Gasteiger partial charge in [0.15, 0.2) is 12.2 Å². The van der Waals surface area contributed by atoms with Gasteiger partial charge in [-0.3, -0.25) is 0 Å². The molecular formula is C6H10O8. The molecule has 0 spiro atoms. The number of aliphatic hydroxyl groups is 4. The molecule has 0 bridgehead atoms. The third kappa shape index (κ3) is 2.92. The zero-order valence-corrected chi connectivity index (χ0v) is 6.81. The van der Waals surface area contributed by atoms with Crippen LogP contribution in [0, 0.1) is 0 Å². The number of carboxylic acids is 2. The molecule has 0 amide bonds. The lowest BCUT2D eigenvalue weighted by molar-refractivity contribution is -0.172. The predicted molar refractivity (Wildman–Crippen MR) is 39.3 cm³/mol. The molecule has 0 fully saturated rings. The Kier molecular flexibility index (Phi) is 4.44. The SMILES string of the molecule is O=C(O)[C@H](O)[C@@H](O)[C@H](O)[C@H](O)[13C](=O)O. The molecule has 0 aliphatic rings. The van der Waals surface area contributed by atoms with E-state index in [4.69, 9.17) is 30.6 Å². The van der Waals surface area contributed by atoms with Crippen molar-refractivity contribution in [3.8, 4) is 0 Å². The van der Waals surface area contributed by atoms with Gasteiger partial charge in [-0.15, -0.1) is 0 Å². The monoisotopic (exact) mass is 211 g/mol. The second-order valence-electron chi connectivity index (χ2n) is 2.55. The van der Waals surface area contributed by atoms with Crippen LogP contribution in [0.4, 0.5) is 0 Å². The van der Waals surface area contributed by atoms with Crippen molar-refractivity contribution in [2.75, 3.05) is 0 Å². The van der Waals surface area contributed by atoms with E-state index in [2.05, 4.69) is 0 Å². The number of hydrogen-bond donors (Lipinski definition) is 6. The van der Waals surface area contributed by atoms with Gasteiger partial charge in [0.25, 0.3) is 0 Å². The largest absolute Gasteiger partial charge is 0.479 e. The lowest BCUT2D eigenvalue weighted by atomic mass is 10.1. The molecule has 0 radical (unpaired) electrons. The minimum atomic E-state index is -2.36. The summed E-state index contributed by atoms with van der Waals surface area (Å²) in [6.45, 7) is 0. The molecule has 0 aliphatic heterocycles. The van der Waals surface area contributed by atoms with Gasteiger partial charge in [0.2, 0.25) is 0 Å². The van der Waals surface area contributed by atoms with Crippen molar-refractivity contribution in [1.29, 1.82) is 0 Å². The first kappa shape index (κ1) is 12.8. The molecule has 6 N–H and O–H groups in total. The van der Waals surface area contributed by atoms with Crippen molar-refractivity contribution in [3.05, 3.63) is 0 Å². The molecule has 0 aliphatic carbocycles. The van der Waals surface area contributed by atoms with Crippen LogP contribution in [0.15, 0.2) is 0 Å². The third-order valence-corrected chi connectivity index (χ3v) is 1.50. The average molecular weight is 211 g/mol. The fraction of sp³-hybridized carbons (Fsp3) is 0.667. The van der Waals surface area contributed by atoms with Crippen molar-refractivity contribution in [2.24, 2.45) is 0 Å². The van der Waals surface area contributed by atoms with Crippen LogP contribution in [0.25, 0.3) is 0 Å². The molecule has 0 aromatic heterocycles. The average Bonchev–Trinajstić information content (AvgIpc) is 2.12. The maximum absolute atomic E-state index is 10.1. The summed E-state index contributed by atoms with van der Waals surface area (Å²) in [6.07, 6.45) is -9.28. The van der Waals surface area contributed by atoms with Gasteiger partial charge in [-0.1, -0.05) is 0 Å². The van der Waals surface area contributed by atoms with Crippen molar-refractivity contribution in [1.82, 2.24) is 0 Å². The van der Waals surface area contributed by atoms with E-state index < -0.39 is 36.4 Å². The summed E-state index contributed by atoms with van der Waals surface area (Å²) in [7, 11) is 0.